The fourth-order valence-corrected chi connectivity index (χ4v) is 1.64. The van der Waals surface area contributed by atoms with Gasteiger partial charge in [0.1, 0.15) is 11.4 Å². The quantitative estimate of drug-likeness (QED) is 0.684. The van der Waals surface area contributed by atoms with Gasteiger partial charge in [-0.3, -0.25) is 0 Å². The molecule has 0 aliphatic rings. The Bertz CT molecular complexity index is 481. The van der Waals surface area contributed by atoms with Crippen LogP contribution in [-0.4, -0.2) is 25.0 Å². The molecule has 0 saturated heterocycles. The lowest BCUT2D eigenvalue weighted by atomic mass is 10.2. The number of carbonyl (C=O) groups excluding carboxylic acids is 1. The van der Waals surface area contributed by atoms with E-state index in [-0.39, 0.29) is 0 Å². The van der Waals surface area contributed by atoms with E-state index < -0.39 is 11.7 Å². The van der Waals surface area contributed by atoms with Crippen molar-refractivity contribution in [3.63, 3.8) is 0 Å². The fourth-order valence-electron chi connectivity index (χ4n) is 1.26. The van der Waals surface area contributed by atoms with Crippen molar-refractivity contribution < 1.29 is 14.3 Å². The molecule has 0 aliphatic heterocycles. The molecule has 1 N–H and O–H groups in total. The van der Waals surface area contributed by atoms with Crippen molar-refractivity contribution in [3.05, 3.63) is 28.2 Å². The number of benzene rings is 1. The smallest absolute Gasteiger partial charge is 0.428 e. The van der Waals surface area contributed by atoms with Gasteiger partial charge in [-0.25, -0.2) is 10.2 Å². The number of methoxy groups -OCH3 is 1. The highest BCUT2D eigenvalue weighted by Gasteiger charge is 2.15. The van der Waals surface area contributed by atoms with Crippen molar-refractivity contribution in [3.8, 4) is 5.75 Å². The molecule has 1 rings (SSSR count). The van der Waals surface area contributed by atoms with Gasteiger partial charge in [0.05, 0.1) is 13.3 Å². The molecular formula is C13H17BrN2O3. The highest BCUT2D eigenvalue weighted by molar-refractivity contribution is 9.10. The topological polar surface area (TPSA) is 59.9 Å². The zero-order chi connectivity index (χ0) is 14.5. The molecular weight excluding hydrogens is 312 g/mol. The van der Waals surface area contributed by atoms with Crippen molar-refractivity contribution in [2.45, 2.75) is 26.4 Å². The average molecular weight is 329 g/mol. The average Bonchev–Trinajstić information content (AvgIpc) is 2.27. The molecule has 0 saturated carbocycles. The van der Waals surface area contributed by atoms with Gasteiger partial charge < -0.3 is 9.47 Å². The number of carbonyl (C=O) groups is 1. The summed E-state index contributed by atoms with van der Waals surface area (Å²) in [5.41, 5.74) is 2.49. The molecule has 0 fully saturated rings. The molecule has 19 heavy (non-hydrogen) atoms. The maximum Gasteiger partial charge on any atom is 0.428 e. The van der Waals surface area contributed by atoms with Gasteiger partial charge in [-0.2, -0.15) is 5.10 Å². The summed E-state index contributed by atoms with van der Waals surface area (Å²) in [4.78, 5) is 11.4. The van der Waals surface area contributed by atoms with Gasteiger partial charge >= 0.3 is 6.09 Å². The van der Waals surface area contributed by atoms with Crippen LogP contribution >= 0.6 is 15.9 Å². The minimum Gasteiger partial charge on any atom is -0.496 e. The monoisotopic (exact) mass is 328 g/mol. The number of hydrazone groups is 1. The van der Waals surface area contributed by atoms with E-state index in [1.54, 1.807) is 33.9 Å². The summed E-state index contributed by atoms with van der Waals surface area (Å²) in [6.45, 7) is 5.36. The first-order chi connectivity index (χ1) is 8.81. The van der Waals surface area contributed by atoms with E-state index in [4.69, 9.17) is 9.47 Å². The van der Waals surface area contributed by atoms with E-state index in [9.17, 15) is 4.79 Å². The lowest BCUT2D eigenvalue weighted by molar-refractivity contribution is 0.0529. The van der Waals surface area contributed by atoms with Gasteiger partial charge in [-0.1, -0.05) is 15.9 Å². The van der Waals surface area contributed by atoms with Crippen LogP contribution in [0.1, 0.15) is 26.3 Å². The first kappa shape index (κ1) is 15.5. The fraction of sp³-hybridized carbons (Fsp3) is 0.385. The molecule has 0 radical (unpaired) electrons. The summed E-state index contributed by atoms with van der Waals surface area (Å²) in [6.07, 6.45) is 0.894. The molecule has 104 valence electrons. The van der Waals surface area contributed by atoms with E-state index in [2.05, 4.69) is 26.5 Å². The van der Waals surface area contributed by atoms with Crippen molar-refractivity contribution in [1.82, 2.24) is 5.43 Å². The largest absolute Gasteiger partial charge is 0.496 e. The molecule has 1 aromatic rings. The predicted octanol–water partition coefficient (Wildman–Crippen LogP) is 3.32. The van der Waals surface area contributed by atoms with Crippen LogP contribution in [0.15, 0.2) is 27.8 Å². The van der Waals surface area contributed by atoms with Crippen LogP contribution in [0.2, 0.25) is 0 Å². The second kappa shape index (κ2) is 6.56. The molecule has 0 bridgehead atoms. The highest BCUT2D eigenvalue weighted by atomic mass is 79.9. The van der Waals surface area contributed by atoms with Crippen LogP contribution < -0.4 is 10.2 Å². The van der Waals surface area contributed by atoms with Crippen molar-refractivity contribution >= 4 is 28.2 Å². The Labute approximate surface area is 121 Å². The zero-order valence-corrected chi connectivity index (χ0v) is 12.9. The molecule has 6 heteroatoms. The van der Waals surface area contributed by atoms with Crippen LogP contribution in [-0.2, 0) is 4.74 Å². The number of rotatable bonds is 3. The summed E-state index contributed by atoms with van der Waals surface area (Å²) in [5.74, 6) is 0.665. The Morgan fingerprint density at radius 1 is 1.42 bits per heavy atom. The normalized spacial score (nSPS) is 11.4. The van der Waals surface area contributed by atoms with E-state index in [1.807, 2.05) is 12.1 Å². The Kier molecular flexibility index (Phi) is 5.35. The van der Waals surface area contributed by atoms with E-state index in [0.717, 1.165) is 10.0 Å². The Morgan fingerprint density at radius 2 is 2.11 bits per heavy atom. The van der Waals surface area contributed by atoms with Gasteiger partial charge in [0.2, 0.25) is 0 Å². The van der Waals surface area contributed by atoms with Crippen LogP contribution in [0.25, 0.3) is 0 Å². The van der Waals surface area contributed by atoms with Gasteiger partial charge in [-0.05, 0) is 39.0 Å². The molecule has 1 amide bonds. The SMILES string of the molecule is COc1ccc(Br)cc1C=NNC(=O)OC(C)(C)C. The molecule has 0 unspecified atom stereocenters. The molecule has 0 heterocycles. The number of halogens is 1. The van der Waals surface area contributed by atoms with Crippen LogP contribution in [0.3, 0.4) is 0 Å². The van der Waals surface area contributed by atoms with Gasteiger partial charge in [0.15, 0.2) is 0 Å². The lowest BCUT2D eigenvalue weighted by Gasteiger charge is -2.18. The number of amides is 1. The Hall–Kier alpha value is -1.56. The van der Waals surface area contributed by atoms with Gasteiger partial charge in [0.25, 0.3) is 0 Å². The van der Waals surface area contributed by atoms with Gasteiger partial charge in [0, 0.05) is 10.0 Å². The van der Waals surface area contributed by atoms with Crippen molar-refractivity contribution in [2.75, 3.05) is 7.11 Å². The zero-order valence-electron chi connectivity index (χ0n) is 11.4. The molecule has 0 spiro atoms. The highest BCUT2D eigenvalue weighted by Crippen LogP contribution is 2.21. The summed E-state index contributed by atoms with van der Waals surface area (Å²) in [7, 11) is 1.57. The second-order valence-corrected chi connectivity index (χ2v) is 5.67. The number of nitrogens with zero attached hydrogens (tertiary/aromatic N) is 1. The van der Waals surface area contributed by atoms with E-state index in [0.29, 0.717) is 5.75 Å². The van der Waals surface area contributed by atoms with Crippen molar-refractivity contribution in [2.24, 2.45) is 5.10 Å². The molecule has 0 aliphatic carbocycles. The van der Waals surface area contributed by atoms with Gasteiger partial charge in [-0.15, -0.1) is 0 Å². The Balaban J connectivity index is 2.67. The van der Waals surface area contributed by atoms with Crippen LogP contribution in [0.5, 0.6) is 5.75 Å². The molecule has 0 atom stereocenters. The lowest BCUT2D eigenvalue weighted by Crippen LogP contribution is -2.29. The predicted molar refractivity (Wildman–Crippen MR) is 77.7 cm³/mol. The van der Waals surface area contributed by atoms with Crippen molar-refractivity contribution in [1.29, 1.82) is 0 Å². The first-order valence-corrected chi connectivity index (χ1v) is 6.47. The van der Waals surface area contributed by atoms with Crippen LogP contribution in [0.4, 0.5) is 4.79 Å². The standard InChI is InChI=1S/C13H17BrN2O3/c1-13(2,3)19-12(17)16-15-8-9-7-10(14)5-6-11(9)18-4/h5-8H,1-4H3,(H,16,17). The van der Waals surface area contributed by atoms with E-state index in [1.165, 1.54) is 6.21 Å². The molecule has 1 aromatic carbocycles. The summed E-state index contributed by atoms with van der Waals surface area (Å²) in [6, 6.07) is 5.50. The maximum absolute atomic E-state index is 11.4. The minimum atomic E-state index is -0.599. The summed E-state index contributed by atoms with van der Waals surface area (Å²) in [5, 5.41) is 3.83. The first-order valence-electron chi connectivity index (χ1n) is 5.67. The minimum absolute atomic E-state index is 0.549. The van der Waals surface area contributed by atoms with Crippen LogP contribution in [0, 0.1) is 0 Å². The number of hydrogen-bond acceptors (Lipinski definition) is 4. The Morgan fingerprint density at radius 3 is 2.68 bits per heavy atom. The number of hydrogen-bond donors (Lipinski definition) is 1. The molecule has 0 aromatic heterocycles. The third-order valence-electron chi connectivity index (χ3n) is 1.95. The number of nitrogens with one attached hydrogen (secondary N) is 1. The summed E-state index contributed by atoms with van der Waals surface area (Å²) < 4.78 is 11.1. The summed E-state index contributed by atoms with van der Waals surface area (Å²) >= 11 is 3.36. The molecule has 5 nitrogen and oxygen atoms in total. The second-order valence-electron chi connectivity index (χ2n) is 4.76. The van der Waals surface area contributed by atoms with E-state index >= 15 is 0 Å². The third kappa shape index (κ3) is 5.74. The number of ether oxygens (including phenoxy) is 2. The maximum atomic E-state index is 11.4. The third-order valence-corrected chi connectivity index (χ3v) is 2.44.